The number of anilines is 1. The Morgan fingerprint density at radius 3 is 2.71 bits per heavy atom. The van der Waals surface area contributed by atoms with E-state index in [1.807, 2.05) is 13.0 Å². The van der Waals surface area contributed by atoms with Gasteiger partial charge in [-0.05, 0) is 31.2 Å². The number of amides is 1. The predicted octanol–water partition coefficient (Wildman–Crippen LogP) is 3.03. The van der Waals surface area contributed by atoms with Gasteiger partial charge in [0.1, 0.15) is 0 Å². The second-order valence-corrected chi connectivity index (χ2v) is 6.67. The number of benzene rings is 1. The molecular formula is C17H17Cl2N3O2. The first-order chi connectivity index (χ1) is 11.5. The molecule has 0 unspecified atom stereocenters. The molecule has 7 heteroatoms. The van der Waals surface area contributed by atoms with E-state index in [9.17, 15) is 9.59 Å². The van der Waals surface area contributed by atoms with E-state index in [4.69, 9.17) is 23.2 Å². The number of aromatic nitrogens is 1. The first-order valence-corrected chi connectivity index (χ1v) is 8.41. The topological polar surface area (TPSA) is 56.4 Å². The van der Waals surface area contributed by atoms with Gasteiger partial charge in [0.25, 0.3) is 5.91 Å². The van der Waals surface area contributed by atoms with Crippen LogP contribution in [0.1, 0.15) is 17.3 Å². The molecule has 1 saturated heterocycles. The van der Waals surface area contributed by atoms with E-state index in [2.05, 4.69) is 9.88 Å². The molecule has 24 heavy (non-hydrogen) atoms. The van der Waals surface area contributed by atoms with Crippen LogP contribution in [0.4, 0.5) is 5.69 Å². The summed E-state index contributed by atoms with van der Waals surface area (Å²) >= 11 is 12.3. The Morgan fingerprint density at radius 1 is 1.21 bits per heavy atom. The summed E-state index contributed by atoms with van der Waals surface area (Å²) in [6.07, 6.45) is 1.49. The zero-order chi connectivity index (χ0) is 17.3. The molecule has 0 aliphatic carbocycles. The lowest BCUT2D eigenvalue weighted by Crippen LogP contribution is -2.54. The van der Waals surface area contributed by atoms with Gasteiger partial charge in [0.15, 0.2) is 0 Å². The summed E-state index contributed by atoms with van der Waals surface area (Å²) in [5.74, 6) is -0.134. The zero-order valence-corrected chi connectivity index (χ0v) is 14.6. The lowest BCUT2D eigenvalue weighted by molar-refractivity contribution is 0.0674. The van der Waals surface area contributed by atoms with E-state index in [-0.39, 0.29) is 17.5 Å². The number of H-pyrrole nitrogens is 1. The first-order valence-electron chi connectivity index (χ1n) is 7.65. The Bertz CT molecular complexity index is 821. The highest BCUT2D eigenvalue weighted by Gasteiger charge is 2.29. The van der Waals surface area contributed by atoms with E-state index in [0.717, 1.165) is 5.69 Å². The number of halogens is 2. The summed E-state index contributed by atoms with van der Waals surface area (Å²) in [4.78, 5) is 30.5. The molecule has 126 valence electrons. The number of aromatic amines is 1. The van der Waals surface area contributed by atoms with Gasteiger partial charge >= 0.3 is 0 Å². The second kappa shape index (κ2) is 6.87. The van der Waals surface area contributed by atoms with Crippen LogP contribution in [0.15, 0.2) is 41.3 Å². The molecule has 1 fully saturated rings. The fourth-order valence-electron chi connectivity index (χ4n) is 2.95. The van der Waals surface area contributed by atoms with Crippen LogP contribution >= 0.6 is 23.2 Å². The minimum absolute atomic E-state index is 0.0133. The van der Waals surface area contributed by atoms with Gasteiger partial charge < -0.3 is 14.8 Å². The number of rotatable bonds is 2. The Kier molecular flexibility index (Phi) is 4.83. The predicted molar refractivity (Wildman–Crippen MR) is 96.2 cm³/mol. The van der Waals surface area contributed by atoms with Crippen LogP contribution in [0.25, 0.3) is 0 Å². The van der Waals surface area contributed by atoms with Crippen molar-refractivity contribution in [3.05, 3.63) is 62.5 Å². The molecule has 1 aromatic carbocycles. The van der Waals surface area contributed by atoms with E-state index in [1.54, 1.807) is 23.1 Å². The Hall–Kier alpha value is -1.98. The molecule has 1 atom stereocenters. The number of hydrogen-bond donors (Lipinski definition) is 1. The number of carbonyl (C=O) groups excluding carboxylic acids is 1. The molecule has 1 N–H and O–H groups in total. The maximum absolute atomic E-state index is 12.6. The van der Waals surface area contributed by atoms with Crippen molar-refractivity contribution in [3.8, 4) is 0 Å². The van der Waals surface area contributed by atoms with Crippen molar-refractivity contribution in [3.63, 3.8) is 0 Å². The van der Waals surface area contributed by atoms with E-state index in [0.29, 0.717) is 35.2 Å². The lowest BCUT2D eigenvalue weighted by Gasteiger charge is -2.41. The highest BCUT2D eigenvalue weighted by Crippen LogP contribution is 2.30. The molecule has 0 radical (unpaired) electrons. The number of nitrogens with zero attached hydrogens (tertiary/aromatic N) is 2. The average molecular weight is 366 g/mol. The van der Waals surface area contributed by atoms with Crippen molar-refractivity contribution in [2.24, 2.45) is 0 Å². The number of pyridine rings is 1. The maximum atomic E-state index is 12.6. The van der Waals surface area contributed by atoms with Gasteiger partial charge in [-0.1, -0.05) is 23.2 Å². The fourth-order valence-corrected chi connectivity index (χ4v) is 3.35. The van der Waals surface area contributed by atoms with Crippen LogP contribution < -0.4 is 10.5 Å². The first kappa shape index (κ1) is 16.9. The molecule has 1 aliphatic rings. The Labute approximate surface area is 149 Å². The third-order valence-corrected chi connectivity index (χ3v) is 4.71. The third kappa shape index (κ3) is 3.42. The van der Waals surface area contributed by atoms with Crippen molar-refractivity contribution >= 4 is 34.8 Å². The van der Waals surface area contributed by atoms with E-state index < -0.39 is 0 Å². The molecule has 1 amide bonds. The molecule has 2 heterocycles. The molecule has 0 spiro atoms. The van der Waals surface area contributed by atoms with Gasteiger partial charge in [-0.3, -0.25) is 9.59 Å². The summed E-state index contributed by atoms with van der Waals surface area (Å²) in [5, 5.41) is 1.27. The van der Waals surface area contributed by atoms with Crippen molar-refractivity contribution in [2.75, 3.05) is 24.5 Å². The molecule has 5 nitrogen and oxygen atoms in total. The fraction of sp³-hybridized carbons (Fsp3) is 0.294. The van der Waals surface area contributed by atoms with Crippen LogP contribution in [-0.4, -0.2) is 41.5 Å². The van der Waals surface area contributed by atoms with Crippen molar-refractivity contribution < 1.29 is 4.79 Å². The lowest BCUT2D eigenvalue weighted by atomic mass is 10.1. The minimum atomic E-state index is -0.280. The number of piperazine rings is 1. The molecule has 0 saturated carbocycles. The molecule has 0 bridgehead atoms. The average Bonchev–Trinajstić information content (AvgIpc) is 2.56. The SMILES string of the molecule is C[C@H]1CN(c2cc(Cl)ccc2Cl)CCN1C(=O)c1cc[nH]c(=O)c1. The highest BCUT2D eigenvalue weighted by atomic mass is 35.5. The Balaban J connectivity index is 1.77. The molecule has 2 aromatic rings. The third-order valence-electron chi connectivity index (χ3n) is 4.16. The van der Waals surface area contributed by atoms with Gasteiger partial charge in [0, 0.05) is 48.5 Å². The zero-order valence-electron chi connectivity index (χ0n) is 13.1. The normalized spacial score (nSPS) is 17.9. The van der Waals surface area contributed by atoms with Gasteiger partial charge in [-0.15, -0.1) is 0 Å². The summed E-state index contributed by atoms with van der Waals surface area (Å²) in [6.45, 7) is 3.83. The van der Waals surface area contributed by atoms with Crippen molar-refractivity contribution in [1.82, 2.24) is 9.88 Å². The number of carbonyl (C=O) groups is 1. The van der Waals surface area contributed by atoms with Crippen LogP contribution in [0.5, 0.6) is 0 Å². The van der Waals surface area contributed by atoms with E-state index in [1.165, 1.54) is 12.3 Å². The van der Waals surface area contributed by atoms with Gasteiger partial charge in [0.2, 0.25) is 5.56 Å². The number of hydrogen-bond acceptors (Lipinski definition) is 3. The summed E-state index contributed by atoms with van der Waals surface area (Å²) < 4.78 is 0. The maximum Gasteiger partial charge on any atom is 0.254 e. The summed E-state index contributed by atoms with van der Waals surface area (Å²) in [7, 11) is 0. The smallest absolute Gasteiger partial charge is 0.254 e. The van der Waals surface area contributed by atoms with Gasteiger partial charge in [0.05, 0.1) is 10.7 Å². The van der Waals surface area contributed by atoms with Crippen LogP contribution in [0.2, 0.25) is 10.0 Å². The van der Waals surface area contributed by atoms with Gasteiger partial charge in [-0.2, -0.15) is 0 Å². The quantitative estimate of drug-likeness (QED) is 0.889. The minimum Gasteiger partial charge on any atom is -0.366 e. The van der Waals surface area contributed by atoms with Crippen molar-refractivity contribution in [2.45, 2.75) is 13.0 Å². The molecule has 1 aliphatic heterocycles. The standard InChI is InChI=1S/C17H17Cl2N3O2/c1-11-10-21(15-9-13(18)2-3-14(15)19)6-7-22(11)17(24)12-4-5-20-16(23)8-12/h2-5,8-9,11H,6-7,10H2,1H3,(H,20,23)/t11-/m0/s1. The summed E-state index contributed by atoms with van der Waals surface area (Å²) in [5.41, 5.74) is 0.997. The van der Waals surface area contributed by atoms with Crippen LogP contribution in [0.3, 0.4) is 0 Å². The van der Waals surface area contributed by atoms with E-state index >= 15 is 0 Å². The summed E-state index contributed by atoms with van der Waals surface area (Å²) in [6, 6.07) is 8.30. The molecular weight excluding hydrogens is 349 g/mol. The van der Waals surface area contributed by atoms with Crippen molar-refractivity contribution in [1.29, 1.82) is 0 Å². The number of nitrogens with one attached hydrogen (secondary N) is 1. The monoisotopic (exact) mass is 365 g/mol. The Morgan fingerprint density at radius 2 is 2.00 bits per heavy atom. The largest absolute Gasteiger partial charge is 0.366 e. The van der Waals surface area contributed by atoms with Crippen LogP contribution in [-0.2, 0) is 0 Å². The van der Waals surface area contributed by atoms with Gasteiger partial charge in [-0.25, -0.2) is 0 Å². The molecule has 3 rings (SSSR count). The highest BCUT2D eigenvalue weighted by molar-refractivity contribution is 6.35. The molecule has 1 aromatic heterocycles. The second-order valence-electron chi connectivity index (χ2n) is 5.83. The van der Waals surface area contributed by atoms with Crippen LogP contribution in [0, 0.1) is 0 Å².